The Kier molecular flexibility index (Phi) is 8.08. The van der Waals surface area contributed by atoms with Gasteiger partial charge in [0.15, 0.2) is 5.82 Å². The van der Waals surface area contributed by atoms with Crippen molar-refractivity contribution in [3.8, 4) is 0 Å². The smallest absolute Gasteiger partial charge is 0.430 e. The molecule has 1 N–H and O–H groups in total. The summed E-state index contributed by atoms with van der Waals surface area (Å²) in [7, 11) is -4.73. The van der Waals surface area contributed by atoms with Crippen molar-refractivity contribution in [2.24, 2.45) is 0 Å². The summed E-state index contributed by atoms with van der Waals surface area (Å²) >= 11 is 7.50. The number of halogens is 2. The summed E-state index contributed by atoms with van der Waals surface area (Å²) in [6.07, 6.45) is -0.373. The van der Waals surface area contributed by atoms with Crippen LogP contribution in [0, 0.1) is 5.82 Å². The number of nitrogens with one attached hydrogen (secondary N) is 1. The van der Waals surface area contributed by atoms with Crippen LogP contribution in [0.3, 0.4) is 0 Å². The molecular weight excluding hydrogens is 539 g/mol. The molecule has 1 amide bonds. The molecule has 0 bridgehead atoms. The second-order valence-corrected chi connectivity index (χ2v) is 12.6. The largest absolute Gasteiger partial charge is 0.443 e. The van der Waals surface area contributed by atoms with Crippen molar-refractivity contribution in [1.29, 1.82) is 0 Å². The molecule has 12 heteroatoms. The number of aromatic nitrogens is 1. The number of carbonyl (C=O) groups excluding carboxylic acids is 1. The van der Waals surface area contributed by atoms with Gasteiger partial charge in [-0.1, -0.05) is 41.9 Å². The Hall–Kier alpha value is -2.73. The zero-order valence-electron chi connectivity index (χ0n) is 20.6. The fraction of sp³-hybridized carbons (Fsp3) is 0.360. The van der Waals surface area contributed by atoms with Crippen molar-refractivity contribution >= 4 is 50.6 Å². The van der Waals surface area contributed by atoms with Gasteiger partial charge in [-0.15, -0.1) is 15.6 Å². The predicted molar refractivity (Wildman–Crippen MR) is 143 cm³/mol. The Balaban J connectivity index is 1.54. The highest BCUT2D eigenvalue weighted by atomic mass is 35.5. The van der Waals surface area contributed by atoms with Crippen LogP contribution in [-0.2, 0) is 21.3 Å². The third kappa shape index (κ3) is 6.59. The highest BCUT2D eigenvalue weighted by molar-refractivity contribution is 7.93. The van der Waals surface area contributed by atoms with Crippen LogP contribution in [0.25, 0.3) is 0 Å². The van der Waals surface area contributed by atoms with E-state index in [2.05, 4.69) is 27.3 Å². The number of rotatable bonds is 7. The summed E-state index contributed by atoms with van der Waals surface area (Å²) < 4.78 is 47.8. The number of amides is 1. The van der Waals surface area contributed by atoms with E-state index in [1.807, 2.05) is 18.2 Å². The van der Waals surface area contributed by atoms with Gasteiger partial charge in [0.2, 0.25) is 0 Å². The van der Waals surface area contributed by atoms with Crippen LogP contribution in [0.2, 0.25) is 5.02 Å². The summed E-state index contributed by atoms with van der Waals surface area (Å²) in [5, 5.41) is 4.61. The van der Waals surface area contributed by atoms with E-state index in [9.17, 15) is 13.2 Å². The fourth-order valence-corrected chi connectivity index (χ4v) is 6.23. The molecule has 1 aliphatic heterocycles. The van der Waals surface area contributed by atoms with Crippen LogP contribution in [0.5, 0.6) is 0 Å². The minimum absolute atomic E-state index is 0.0105. The summed E-state index contributed by atoms with van der Waals surface area (Å²) in [4.78, 5) is 18.3. The second kappa shape index (κ2) is 10.9. The average Bonchev–Trinajstić information content (AvgIpc) is 3.48. The lowest BCUT2D eigenvalue weighted by Gasteiger charge is -2.26. The van der Waals surface area contributed by atoms with Gasteiger partial charge in [0, 0.05) is 31.1 Å². The first kappa shape index (κ1) is 27.3. The molecule has 2 aromatic carbocycles. The highest BCUT2D eigenvalue weighted by Crippen LogP contribution is 2.33. The monoisotopic (exact) mass is 566 g/mol. The van der Waals surface area contributed by atoms with E-state index in [1.165, 1.54) is 16.5 Å². The van der Waals surface area contributed by atoms with Crippen LogP contribution in [0.1, 0.15) is 32.8 Å². The quantitative estimate of drug-likeness (QED) is 0.389. The zero-order chi connectivity index (χ0) is 26.8. The first-order valence-corrected chi connectivity index (χ1v) is 14.4. The van der Waals surface area contributed by atoms with Crippen LogP contribution < -0.4 is 9.62 Å². The number of nitrogens with zero attached hydrogens (tertiary/aromatic N) is 3. The van der Waals surface area contributed by atoms with E-state index < -0.39 is 32.4 Å². The van der Waals surface area contributed by atoms with Gasteiger partial charge in [0.1, 0.15) is 16.3 Å². The number of hydrogen-bond acceptors (Lipinski definition) is 8. The van der Waals surface area contributed by atoms with Gasteiger partial charge in [-0.05, 0) is 44.9 Å². The van der Waals surface area contributed by atoms with Crippen molar-refractivity contribution in [3.05, 3.63) is 69.8 Å². The van der Waals surface area contributed by atoms with Gasteiger partial charge in [-0.2, -0.15) is 0 Å². The molecule has 3 aromatic rings. The first-order chi connectivity index (χ1) is 17.4. The third-order valence-electron chi connectivity index (χ3n) is 5.61. The van der Waals surface area contributed by atoms with Crippen LogP contribution in [0.4, 0.5) is 20.7 Å². The average molecular weight is 567 g/mol. The van der Waals surface area contributed by atoms with E-state index in [0.29, 0.717) is 4.31 Å². The van der Waals surface area contributed by atoms with Gasteiger partial charge >= 0.3 is 6.09 Å². The third-order valence-corrected chi connectivity index (χ3v) is 8.18. The van der Waals surface area contributed by atoms with E-state index in [0.717, 1.165) is 49.5 Å². The van der Waals surface area contributed by atoms with Crippen molar-refractivity contribution in [2.75, 3.05) is 22.7 Å². The number of ether oxygens (including phenoxy) is 1. The Bertz CT molecular complexity index is 1350. The maximum atomic E-state index is 15.3. The topological polar surface area (TPSA) is 91.8 Å². The molecule has 8 nitrogen and oxygen atoms in total. The zero-order valence-corrected chi connectivity index (χ0v) is 23.0. The number of thiazole rings is 1. The minimum atomic E-state index is -4.73. The van der Waals surface area contributed by atoms with Gasteiger partial charge < -0.3 is 10.1 Å². The Morgan fingerprint density at radius 2 is 2.03 bits per heavy atom. The number of anilines is 2. The van der Waals surface area contributed by atoms with Crippen molar-refractivity contribution in [3.63, 3.8) is 0 Å². The molecule has 0 saturated carbocycles. The Labute approximate surface area is 225 Å². The molecule has 1 atom stereocenters. The summed E-state index contributed by atoms with van der Waals surface area (Å²) in [5.41, 5.74) is 1.86. The number of sulfonamides is 1. The van der Waals surface area contributed by atoms with Crippen LogP contribution in [0.15, 0.2) is 58.3 Å². The van der Waals surface area contributed by atoms with E-state index in [1.54, 1.807) is 20.8 Å². The van der Waals surface area contributed by atoms with Gasteiger partial charge in [-0.25, -0.2) is 22.6 Å². The maximum absolute atomic E-state index is 15.3. The lowest BCUT2D eigenvalue weighted by atomic mass is 10.2. The maximum Gasteiger partial charge on any atom is 0.430 e. The predicted octanol–water partition coefficient (Wildman–Crippen LogP) is 5.75. The van der Waals surface area contributed by atoms with E-state index >= 15 is 4.39 Å². The molecular formula is C25H28ClFN4O4S2. The fourth-order valence-electron chi connectivity index (χ4n) is 4.02. The molecule has 1 saturated heterocycles. The van der Waals surface area contributed by atoms with Crippen molar-refractivity contribution in [1.82, 2.24) is 9.88 Å². The molecule has 0 radical (unpaired) electrons. The van der Waals surface area contributed by atoms with Crippen LogP contribution >= 0.6 is 22.9 Å². The van der Waals surface area contributed by atoms with Gasteiger partial charge in [0.05, 0.1) is 16.2 Å². The Morgan fingerprint density at radius 3 is 2.68 bits per heavy atom. The number of likely N-dealkylation sites (tertiary alicyclic amines) is 1. The summed E-state index contributed by atoms with van der Waals surface area (Å²) in [6.45, 7) is 7.17. The number of carbonyl (C=O) groups is 1. The summed E-state index contributed by atoms with van der Waals surface area (Å²) in [5.74, 6) is -1.24. The normalized spacial score (nSPS) is 16.5. The standard InChI is InChI=1S/C25H28ClFN4O4S2/c1-25(2,3)35-24(32)31(23-15-36-16-28-23)37(33,34)22-11-19(26)21(12-20(22)27)29-18-9-10-30(14-18)13-17-7-5-4-6-8-17/h4-8,11-12,15-16,18,29H,9-10,13-14H2,1-3H3/t18-/m1/s1. The highest BCUT2D eigenvalue weighted by Gasteiger charge is 2.38. The van der Waals surface area contributed by atoms with Crippen molar-refractivity contribution < 1.29 is 22.3 Å². The second-order valence-electron chi connectivity index (χ2n) is 9.71. The molecule has 0 unspecified atom stereocenters. The van der Waals surface area contributed by atoms with E-state index in [4.69, 9.17) is 16.3 Å². The molecule has 0 aliphatic carbocycles. The SMILES string of the molecule is CC(C)(C)OC(=O)N(c1cscn1)S(=O)(=O)c1cc(Cl)c(N[C@@H]2CCN(Cc3ccccc3)C2)cc1F. The molecule has 0 spiro atoms. The number of hydrogen-bond donors (Lipinski definition) is 1. The lowest BCUT2D eigenvalue weighted by molar-refractivity contribution is 0.0608. The van der Waals surface area contributed by atoms with E-state index in [-0.39, 0.29) is 22.6 Å². The summed E-state index contributed by atoms with van der Waals surface area (Å²) in [6, 6.07) is 12.2. The minimum Gasteiger partial charge on any atom is -0.443 e. The molecule has 37 heavy (non-hydrogen) atoms. The Morgan fingerprint density at radius 1 is 1.30 bits per heavy atom. The molecule has 1 aromatic heterocycles. The van der Waals surface area contributed by atoms with Gasteiger partial charge in [0.25, 0.3) is 10.0 Å². The van der Waals surface area contributed by atoms with Crippen molar-refractivity contribution in [2.45, 2.75) is 50.3 Å². The molecule has 1 aliphatic rings. The van der Waals surface area contributed by atoms with Gasteiger partial charge in [-0.3, -0.25) is 4.90 Å². The molecule has 198 valence electrons. The molecule has 1 fully saturated rings. The van der Waals surface area contributed by atoms with Crippen LogP contribution in [-0.4, -0.2) is 49.1 Å². The molecule has 2 heterocycles. The first-order valence-electron chi connectivity index (χ1n) is 11.6. The number of benzene rings is 2. The lowest BCUT2D eigenvalue weighted by Crippen LogP contribution is -2.41. The molecule has 4 rings (SSSR count).